The molecule has 0 saturated carbocycles. The Morgan fingerprint density at radius 2 is 1.75 bits per heavy atom. The molecule has 2 nitrogen and oxygen atoms in total. The molecule has 0 amide bonds. The summed E-state index contributed by atoms with van der Waals surface area (Å²) in [7, 11) is 0. The van der Waals surface area contributed by atoms with Crippen molar-refractivity contribution in [3.8, 4) is 5.75 Å². The van der Waals surface area contributed by atoms with Crippen molar-refractivity contribution in [3.05, 3.63) is 28.8 Å². The minimum absolute atomic E-state index is 0.0672. The van der Waals surface area contributed by atoms with Gasteiger partial charge in [-0.05, 0) is 0 Å². The van der Waals surface area contributed by atoms with Gasteiger partial charge in [0.2, 0.25) is 0 Å². The van der Waals surface area contributed by atoms with E-state index in [1.807, 2.05) is 19.9 Å². The summed E-state index contributed by atoms with van der Waals surface area (Å²) >= 11 is 3.84. The molecule has 0 aliphatic heterocycles. The van der Waals surface area contributed by atoms with Crippen LogP contribution in [0.3, 0.4) is 0 Å². The third kappa shape index (κ3) is 2.65. The number of phenolic OH excluding ortho intramolecular Hbond substituents is 1. The Labute approximate surface area is 105 Å². The first-order valence-electron chi connectivity index (χ1n) is 5.39. The zero-order chi connectivity index (χ0) is 12.5. The molecule has 0 aliphatic rings. The van der Waals surface area contributed by atoms with Gasteiger partial charge in [0, 0.05) is 0 Å². The Balaban J connectivity index is 3.45. The first-order chi connectivity index (χ1) is 7.34. The van der Waals surface area contributed by atoms with Gasteiger partial charge >= 0.3 is 104 Å². The molecule has 3 heteroatoms. The molecule has 0 radical (unpaired) electrons. The van der Waals surface area contributed by atoms with Crippen LogP contribution in [0.25, 0.3) is 0 Å². The van der Waals surface area contributed by atoms with Crippen LogP contribution in [0.1, 0.15) is 61.0 Å². The van der Waals surface area contributed by atoms with Gasteiger partial charge in [0.05, 0.1) is 0 Å². The molecule has 1 rings (SSSR count). The second kappa shape index (κ2) is 5.02. The SMILES string of the molecule is CC(C)c1cc([C](=O)[Co])c(O)c(C(C)C)c1. The molecule has 90 valence electrons. The standard InChI is InChI=1S/C13H17O2.Co/c1-8(2)10-5-11(7-14)13(15)12(6-10)9(3)4;/h5-6,8-9,15H,1-4H3;. The molecule has 0 saturated heterocycles. The van der Waals surface area contributed by atoms with Crippen molar-refractivity contribution in [3.63, 3.8) is 0 Å². The minimum atomic E-state index is -0.394. The van der Waals surface area contributed by atoms with Crippen molar-refractivity contribution in [2.75, 3.05) is 0 Å². The number of aromatic hydroxyl groups is 1. The van der Waals surface area contributed by atoms with E-state index in [4.69, 9.17) is 0 Å². The molecule has 0 atom stereocenters. The van der Waals surface area contributed by atoms with E-state index >= 15 is 0 Å². The summed E-state index contributed by atoms with van der Waals surface area (Å²) in [5.41, 5.74) is 2.16. The van der Waals surface area contributed by atoms with E-state index in [2.05, 4.69) is 29.6 Å². The topological polar surface area (TPSA) is 37.3 Å². The number of hydrogen-bond acceptors (Lipinski definition) is 2. The van der Waals surface area contributed by atoms with E-state index in [0.29, 0.717) is 11.5 Å². The molecule has 0 spiro atoms. The number of carbonyl (C=O) groups is 1. The van der Waals surface area contributed by atoms with Gasteiger partial charge in [0.25, 0.3) is 0 Å². The van der Waals surface area contributed by atoms with Crippen LogP contribution in [0.5, 0.6) is 5.75 Å². The molecule has 1 aromatic carbocycles. The maximum absolute atomic E-state index is 11.3. The van der Waals surface area contributed by atoms with Gasteiger partial charge in [0.1, 0.15) is 0 Å². The monoisotopic (exact) mass is 264 g/mol. The fraction of sp³-hybridized carbons (Fsp3) is 0.462. The summed E-state index contributed by atoms with van der Waals surface area (Å²) in [4.78, 5) is 11.3. The molecule has 0 aliphatic carbocycles. The van der Waals surface area contributed by atoms with Gasteiger partial charge in [-0.15, -0.1) is 0 Å². The van der Waals surface area contributed by atoms with Crippen LogP contribution in [0, 0.1) is 0 Å². The van der Waals surface area contributed by atoms with Gasteiger partial charge < -0.3 is 0 Å². The molecule has 0 bridgehead atoms. The Morgan fingerprint density at radius 3 is 2.12 bits per heavy atom. The van der Waals surface area contributed by atoms with E-state index in [0.717, 1.165) is 11.1 Å². The van der Waals surface area contributed by atoms with E-state index in [-0.39, 0.29) is 11.7 Å². The molecule has 16 heavy (non-hydrogen) atoms. The van der Waals surface area contributed by atoms with Crippen LogP contribution < -0.4 is 0 Å². The summed E-state index contributed by atoms with van der Waals surface area (Å²) < 4.78 is -0.394. The maximum atomic E-state index is 11.3. The van der Waals surface area contributed by atoms with E-state index in [1.54, 1.807) is 6.07 Å². The van der Waals surface area contributed by atoms with Crippen LogP contribution in [-0.4, -0.2) is 9.82 Å². The fourth-order valence-corrected chi connectivity index (χ4v) is 1.79. The number of carbonyl (C=O) groups excluding carboxylic acids is 1. The van der Waals surface area contributed by atoms with Gasteiger partial charge in [-0.3, -0.25) is 0 Å². The summed E-state index contributed by atoms with van der Waals surface area (Å²) in [5, 5.41) is 9.97. The van der Waals surface area contributed by atoms with E-state index < -0.39 is 4.72 Å². The average molecular weight is 264 g/mol. The summed E-state index contributed by atoms with van der Waals surface area (Å²) in [5.74, 6) is 0.575. The van der Waals surface area contributed by atoms with Crippen molar-refractivity contribution >= 4 is 4.72 Å². The summed E-state index contributed by atoms with van der Waals surface area (Å²) in [6.45, 7) is 8.10. The van der Waals surface area contributed by atoms with Gasteiger partial charge in [-0.1, -0.05) is 0 Å². The van der Waals surface area contributed by atoms with Crippen LogP contribution in [0.2, 0.25) is 0 Å². The van der Waals surface area contributed by atoms with Crippen LogP contribution in [0.4, 0.5) is 0 Å². The van der Waals surface area contributed by atoms with Crippen molar-refractivity contribution in [1.82, 2.24) is 0 Å². The summed E-state index contributed by atoms with van der Waals surface area (Å²) in [6, 6.07) is 3.68. The third-order valence-corrected chi connectivity index (χ3v) is 2.93. The molecule has 0 unspecified atom stereocenters. The predicted molar refractivity (Wildman–Crippen MR) is 60.6 cm³/mol. The second-order valence-electron chi connectivity index (χ2n) is 4.57. The van der Waals surface area contributed by atoms with E-state index in [1.165, 1.54) is 0 Å². The normalized spacial score (nSPS) is 11.2. The second-order valence-corrected chi connectivity index (χ2v) is 5.04. The van der Waals surface area contributed by atoms with Gasteiger partial charge in [0.15, 0.2) is 0 Å². The number of phenols is 1. The van der Waals surface area contributed by atoms with Crippen molar-refractivity contribution in [2.45, 2.75) is 39.5 Å². The zero-order valence-corrected chi connectivity index (χ0v) is 11.0. The fourth-order valence-electron chi connectivity index (χ4n) is 1.59. The molecule has 1 aromatic rings. The summed E-state index contributed by atoms with van der Waals surface area (Å²) in [6.07, 6.45) is 0. The van der Waals surface area contributed by atoms with Gasteiger partial charge in [-0.25, -0.2) is 0 Å². The van der Waals surface area contributed by atoms with Crippen LogP contribution >= 0.6 is 0 Å². The molecule has 0 fully saturated rings. The predicted octanol–water partition coefficient (Wildman–Crippen LogP) is 3.33. The molecule has 1 N–H and O–H groups in total. The first kappa shape index (κ1) is 13.3. The van der Waals surface area contributed by atoms with Crippen LogP contribution in [0.15, 0.2) is 12.1 Å². The third-order valence-electron chi connectivity index (χ3n) is 2.65. The Kier molecular flexibility index (Phi) is 4.16. The Hall–Kier alpha value is -0.804. The Morgan fingerprint density at radius 1 is 1.19 bits per heavy atom. The first-order valence-corrected chi connectivity index (χ1v) is 5.91. The molecular formula is C13H17CoO2. The van der Waals surface area contributed by atoms with Crippen molar-refractivity contribution < 1.29 is 25.6 Å². The van der Waals surface area contributed by atoms with Gasteiger partial charge in [-0.2, -0.15) is 0 Å². The number of rotatable bonds is 3. The zero-order valence-electron chi connectivity index (χ0n) is 10.00. The molecular weight excluding hydrogens is 247 g/mol. The van der Waals surface area contributed by atoms with Crippen molar-refractivity contribution in [2.24, 2.45) is 0 Å². The Bertz CT molecular complexity index is 409. The molecule has 0 heterocycles. The molecule has 0 aromatic heterocycles. The van der Waals surface area contributed by atoms with Crippen LogP contribution in [-0.2, 0) is 15.7 Å². The quantitative estimate of drug-likeness (QED) is 0.909. The average Bonchev–Trinajstić information content (AvgIpc) is 2.16. The number of hydrogen-bond donors (Lipinski definition) is 1. The number of benzene rings is 1. The van der Waals surface area contributed by atoms with E-state index in [9.17, 15) is 9.90 Å². The van der Waals surface area contributed by atoms with Crippen molar-refractivity contribution in [1.29, 1.82) is 0 Å².